The monoisotopic (exact) mass is 347 g/mol. The lowest BCUT2D eigenvalue weighted by Crippen LogP contribution is -2.48. The number of carbonyl (C=O) groups is 1. The summed E-state index contributed by atoms with van der Waals surface area (Å²) >= 11 is 0. The number of H-pyrrole nitrogens is 1. The van der Waals surface area contributed by atoms with Crippen LogP contribution in [0.2, 0.25) is 0 Å². The van der Waals surface area contributed by atoms with Crippen LogP contribution in [0.1, 0.15) is 37.2 Å². The van der Waals surface area contributed by atoms with E-state index in [1.54, 1.807) is 24.1 Å². The summed E-state index contributed by atoms with van der Waals surface area (Å²) in [5.41, 5.74) is 6.83. The summed E-state index contributed by atoms with van der Waals surface area (Å²) in [6.45, 7) is 3.82. The molecular weight excluding hydrogens is 322 g/mol. The van der Waals surface area contributed by atoms with E-state index in [0.717, 1.165) is 24.4 Å². The van der Waals surface area contributed by atoms with Gasteiger partial charge in [-0.2, -0.15) is 5.10 Å². The molecule has 1 fully saturated rings. The Labute approximate surface area is 145 Å². The second-order valence-electron chi connectivity index (χ2n) is 6.50. The van der Waals surface area contributed by atoms with Gasteiger partial charge in [-0.1, -0.05) is 0 Å². The fraction of sp³-hybridized carbons (Fsp3) is 0.625. The predicted molar refractivity (Wildman–Crippen MR) is 92.0 cm³/mol. The molecule has 136 valence electrons. The van der Waals surface area contributed by atoms with Gasteiger partial charge in [-0.3, -0.25) is 9.36 Å². The molecule has 2 aromatic rings. The van der Waals surface area contributed by atoms with Gasteiger partial charge in [0.15, 0.2) is 0 Å². The Morgan fingerprint density at radius 3 is 2.76 bits per heavy atom. The number of hydrogen-bond donors (Lipinski definition) is 2. The number of aryl methyl sites for hydroxylation is 1. The van der Waals surface area contributed by atoms with Gasteiger partial charge in [0.05, 0.1) is 12.4 Å². The third-order valence-electron chi connectivity index (χ3n) is 4.84. The highest BCUT2D eigenvalue weighted by atomic mass is 16.2. The van der Waals surface area contributed by atoms with E-state index in [4.69, 9.17) is 5.73 Å². The minimum Gasteiger partial charge on any atom is -0.348 e. The minimum atomic E-state index is -0.569. The number of likely N-dealkylation sites (tertiary alicyclic amines) is 1. The highest BCUT2D eigenvalue weighted by Gasteiger charge is 2.30. The Bertz CT molecular complexity index is 769. The topological polar surface area (TPSA) is 115 Å². The summed E-state index contributed by atoms with van der Waals surface area (Å²) in [7, 11) is 1.67. The van der Waals surface area contributed by atoms with E-state index in [0.29, 0.717) is 26.1 Å². The molecule has 0 bridgehead atoms. The lowest BCUT2D eigenvalue weighted by molar-refractivity contribution is -0.133. The Hall–Kier alpha value is -2.42. The average molecular weight is 347 g/mol. The second kappa shape index (κ2) is 7.22. The molecule has 9 heteroatoms. The number of nitrogens with two attached hydrogens (primary N) is 1. The number of nitrogens with one attached hydrogen (secondary N) is 1. The van der Waals surface area contributed by atoms with Crippen LogP contribution in [0, 0.1) is 0 Å². The van der Waals surface area contributed by atoms with Crippen LogP contribution in [0.5, 0.6) is 0 Å². The van der Waals surface area contributed by atoms with Crippen LogP contribution in [0.4, 0.5) is 0 Å². The molecule has 1 aliphatic heterocycles. The average Bonchev–Trinajstić information content (AvgIpc) is 3.23. The molecule has 2 aromatic heterocycles. The largest absolute Gasteiger partial charge is 0.348 e. The zero-order valence-electron chi connectivity index (χ0n) is 14.7. The fourth-order valence-electron chi connectivity index (χ4n) is 3.44. The number of rotatable bonds is 5. The van der Waals surface area contributed by atoms with Gasteiger partial charge in [0.1, 0.15) is 5.82 Å². The molecule has 1 saturated heterocycles. The van der Waals surface area contributed by atoms with Gasteiger partial charge in [-0.15, -0.1) is 0 Å². The number of aromatic amines is 1. The predicted octanol–water partition coefficient (Wildman–Crippen LogP) is -0.399. The van der Waals surface area contributed by atoms with E-state index in [1.165, 1.54) is 4.68 Å². The summed E-state index contributed by atoms with van der Waals surface area (Å²) in [6, 6.07) is -0.569. The second-order valence-corrected chi connectivity index (χ2v) is 6.50. The lowest BCUT2D eigenvalue weighted by atomic mass is 9.95. The summed E-state index contributed by atoms with van der Waals surface area (Å²) in [6.07, 6.45) is 5.30. The van der Waals surface area contributed by atoms with E-state index in [1.807, 2.05) is 11.8 Å². The Morgan fingerprint density at radius 1 is 1.44 bits per heavy atom. The summed E-state index contributed by atoms with van der Waals surface area (Å²) < 4.78 is 3.10. The molecule has 0 saturated carbocycles. The lowest BCUT2D eigenvalue weighted by Gasteiger charge is -2.33. The maximum Gasteiger partial charge on any atom is 0.345 e. The van der Waals surface area contributed by atoms with Crippen molar-refractivity contribution in [1.82, 2.24) is 29.2 Å². The van der Waals surface area contributed by atoms with Gasteiger partial charge in [-0.05, 0) is 19.8 Å². The first-order valence-electron chi connectivity index (χ1n) is 8.66. The zero-order chi connectivity index (χ0) is 18.0. The summed E-state index contributed by atoms with van der Waals surface area (Å²) in [4.78, 5) is 33.3. The normalized spacial score (nSPS) is 17.0. The molecule has 0 aromatic carbocycles. The van der Waals surface area contributed by atoms with Crippen LogP contribution in [-0.4, -0.2) is 54.3 Å². The molecule has 0 spiro atoms. The van der Waals surface area contributed by atoms with Gasteiger partial charge in [0.2, 0.25) is 5.91 Å². The molecular formula is C16H25N7O2. The molecule has 0 aliphatic carbocycles. The SMILES string of the molecule is CCn1c(C2CCN(C(=O)[C@@H](N)Cc3cnc[nH]3)CC2)nn(C)c1=O. The van der Waals surface area contributed by atoms with Gasteiger partial charge >= 0.3 is 5.69 Å². The Balaban J connectivity index is 1.61. The molecule has 0 radical (unpaired) electrons. The van der Waals surface area contributed by atoms with Crippen LogP contribution >= 0.6 is 0 Å². The first-order valence-corrected chi connectivity index (χ1v) is 8.66. The number of carbonyl (C=O) groups excluding carboxylic acids is 1. The molecule has 3 heterocycles. The number of piperidine rings is 1. The van der Waals surface area contributed by atoms with Gasteiger partial charge in [0, 0.05) is 50.9 Å². The van der Waals surface area contributed by atoms with E-state index in [2.05, 4.69) is 15.1 Å². The van der Waals surface area contributed by atoms with Gasteiger partial charge in [0.25, 0.3) is 0 Å². The minimum absolute atomic E-state index is 0.0399. The number of amides is 1. The molecule has 9 nitrogen and oxygen atoms in total. The van der Waals surface area contributed by atoms with Crippen molar-refractivity contribution in [3.05, 3.63) is 34.5 Å². The van der Waals surface area contributed by atoms with Crippen LogP contribution in [-0.2, 0) is 24.8 Å². The van der Waals surface area contributed by atoms with Crippen molar-refractivity contribution in [1.29, 1.82) is 0 Å². The summed E-state index contributed by atoms with van der Waals surface area (Å²) in [5.74, 6) is 0.979. The van der Waals surface area contributed by atoms with Crippen molar-refractivity contribution < 1.29 is 4.79 Å². The maximum atomic E-state index is 12.5. The molecule has 1 aliphatic rings. The first kappa shape index (κ1) is 17.4. The number of imidazole rings is 1. The van der Waals surface area contributed by atoms with Crippen molar-refractivity contribution in [3.63, 3.8) is 0 Å². The van der Waals surface area contributed by atoms with Crippen molar-refractivity contribution in [2.24, 2.45) is 12.8 Å². The van der Waals surface area contributed by atoms with Gasteiger partial charge < -0.3 is 15.6 Å². The van der Waals surface area contributed by atoms with Crippen molar-refractivity contribution in [2.75, 3.05) is 13.1 Å². The van der Waals surface area contributed by atoms with Crippen LogP contribution in [0.25, 0.3) is 0 Å². The van der Waals surface area contributed by atoms with Crippen molar-refractivity contribution in [3.8, 4) is 0 Å². The highest BCUT2D eigenvalue weighted by Crippen LogP contribution is 2.26. The first-order chi connectivity index (χ1) is 12.0. The smallest absolute Gasteiger partial charge is 0.345 e. The number of nitrogens with zero attached hydrogens (tertiary/aromatic N) is 5. The quantitative estimate of drug-likeness (QED) is 0.764. The van der Waals surface area contributed by atoms with E-state index < -0.39 is 6.04 Å². The zero-order valence-corrected chi connectivity index (χ0v) is 14.7. The highest BCUT2D eigenvalue weighted by molar-refractivity contribution is 5.82. The van der Waals surface area contributed by atoms with Crippen LogP contribution < -0.4 is 11.4 Å². The van der Waals surface area contributed by atoms with E-state index in [-0.39, 0.29) is 17.5 Å². The van der Waals surface area contributed by atoms with E-state index >= 15 is 0 Å². The number of hydrogen-bond acceptors (Lipinski definition) is 5. The van der Waals surface area contributed by atoms with Crippen molar-refractivity contribution in [2.45, 2.75) is 44.7 Å². The Morgan fingerprint density at radius 2 is 2.16 bits per heavy atom. The van der Waals surface area contributed by atoms with Crippen LogP contribution in [0.3, 0.4) is 0 Å². The third kappa shape index (κ3) is 3.51. The number of aromatic nitrogens is 5. The molecule has 1 atom stereocenters. The third-order valence-corrected chi connectivity index (χ3v) is 4.84. The fourth-order valence-corrected chi connectivity index (χ4v) is 3.44. The van der Waals surface area contributed by atoms with E-state index in [9.17, 15) is 9.59 Å². The molecule has 25 heavy (non-hydrogen) atoms. The summed E-state index contributed by atoms with van der Waals surface area (Å²) in [5, 5.41) is 4.39. The van der Waals surface area contributed by atoms with Crippen molar-refractivity contribution >= 4 is 5.91 Å². The molecule has 3 N–H and O–H groups in total. The maximum absolute atomic E-state index is 12.5. The molecule has 0 unspecified atom stereocenters. The van der Waals surface area contributed by atoms with Gasteiger partial charge in [-0.25, -0.2) is 14.5 Å². The van der Waals surface area contributed by atoms with Crippen LogP contribution in [0.15, 0.2) is 17.3 Å². The standard InChI is InChI=1S/C16H25N7O2/c1-3-23-14(20-21(2)16(23)25)11-4-6-22(7-5-11)15(24)13(17)8-12-9-18-10-19-12/h9-11,13H,3-8,17H2,1-2H3,(H,18,19)/t13-/m0/s1. The molecule has 1 amide bonds. The Kier molecular flexibility index (Phi) is 5.03. The molecule has 3 rings (SSSR count).